The third-order valence-electron chi connectivity index (χ3n) is 4.36. The van der Waals surface area contributed by atoms with Crippen molar-refractivity contribution in [3.8, 4) is 0 Å². The molecule has 0 aromatic heterocycles. The van der Waals surface area contributed by atoms with Crippen molar-refractivity contribution in [3.05, 3.63) is 29.3 Å². The third kappa shape index (κ3) is 6.70. The summed E-state index contributed by atoms with van der Waals surface area (Å²) in [6.45, 7) is 13.9. The molecule has 1 aliphatic heterocycles. The average Bonchev–Trinajstić information content (AvgIpc) is 2.49. The molecule has 168 valence electrons. The maximum Gasteiger partial charge on any atom is 0.410 e. The topological polar surface area (TPSA) is 105 Å². The number of benzene rings is 1. The zero-order valence-electron chi connectivity index (χ0n) is 18.8. The predicted molar refractivity (Wildman–Crippen MR) is 115 cm³/mol. The van der Waals surface area contributed by atoms with Crippen LogP contribution in [0.3, 0.4) is 0 Å². The largest absolute Gasteiger partial charge is 0.444 e. The number of likely N-dealkylation sites (tertiary alicyclic amines) is 1. The van der Waals surface area contributed by atoms with Gasteiger partial charge in [0, 0.05) is 36.7 Å². The number of nitrogens with one attached hydrogen (secondary N) is 2. The molecule has 1 heterocycles. The number of sulfonamides is 1. The Morgan fingerprint density at radius 2 is 1.73 bits per heavy atom. The highest BCUT2D eigenvalue weighted by molar-refractivity contribution is 7.89. The molecule has 1 aliphatic rings. The molecule has 0 saturated carbocycles. The lowest BCUT2D eigenvalue weighted by Crippen LogP contribution is -2.54. The number of hydrogen-bond acceptors (Lipinski definition) is 5. The number of ether oxygens (including phenoxy) is 1. The van der Waals surface area contributed by atoms with E-state index < -0.39 is 21.2 Å². The molecule has 1 fully saturated rings. The first-order valence-electron chi connectivity index (χ1n) is 9.98. The minimum absolute atomic E-state index is 0.0490. The van der Waals surface area contributed by atoms with Gasteiger partial charge in [0.2, 0.25) is 10.0 Å². The van der Waals surface area contributed by atoms with Gasteiger partial charge in [0.1, 0.15) is 5.60 Å². The predicted octanol–water partition coefficient (Wildman–Crippen LogP) is 2.67. The van der Waals surface area contributed by atoms with E-state index in [0.29, 0.717) is 30.8 Å². The lowest BCUT2D eigenvalue weighted by Gasteiger charge is -2.39. The van der Waals surface area contributed by atoms with Crippen LogP contribution in [-0.2, 0) is 14.8 Å². The van der Waals surface area contributed by atoms with Crippen LogP contribution in [0.4, 0.5) is 4.79 Å². The van der Waals surface area contributed by atoms with Gasteiger partial charge in [-0.15, -0.1) is 0 Å². The van der Waals surface area contributed by atoms with Crippen molar-refractivity contribution >= 4 is 22.0 Å². The highest BCUT2D eigenvalue weighted by Gasteiger charge is 2.34. The van der Waals surface area contributed by atoms with E-state index in [2.05, 4.69) is 10.0 Å². The zero-order chi connectivity index (χ0) is 22.9. The Bertz CT molecular complexity index is 908. The van der Waals surface area contributed by atoms with Crippen molar-refractivity contribution in [2.24, 2.45) is 5.92 Å². The molecule has 8 nitrogen and oxygen atoms in total. The maximum atomic E-state index is 12.6. The molecule has 0 unspecified atom stereocenters. The van der Waals surface area contributed by atoms with Gasteiger partial charge in [-0.25, -0.2) is 17.9 Å². The van der Waals surface area contributed by atoms with Crippen molar-refractivity contribution in [2.75, 3.05) is 19.6 Å². The summed E-state index contributed by atoms with van der Waals surface area (Å²) in [4.78, 5) is 26.3. The second kappa shape index (κ2) is 8.55. The van der Waals surface area contributed by atoms with Crippen LogP contribution in [0.5, 0.6) is 0 Å². The first-order chi connectivity index (χ1) is 13.6. The SMILES string of the molecule is Cc1ccc(S(=O)(=O)NC(C)(C)C)cc1C(=O)NCC1CN(C(=O)OC(C)(C)C)C1. The smallest absolute Gasteiger partial charge is 0.410 e. The number of amides is 2. The molecule has 0 bridgehead atoms. The van der Waals surface area contributed by atoms with Gasteiger partial charge in [0.05, 0.1) is 4.90 Å². The lowest BCUT2D eigenvalue weighted by molar-refractivity contribution is -0.000536. The highest BCUT2D eigenvalue weighted by Crippen LogP contribution is 2.20. The number of hydrogen-bond donors (Lipinski definition) is 2. The Morgan fingerprint density at radius 3 is 2.27 bits per heavy atom. The molecule has 2 amide bonds. The van der Waals surface area contributed by atoms with Gasteiger partial charge in [-0.05, 0) is 66.2 Å². The summed E-state index contributed by atoms with van der Waals surface area (Å²) < 4.78 is 33.0. The number of rotatable bonds is 5. The molecular weight excluding hydrogens is 406 g/mol. The van der Waals surface area contributed by atoms with Crippen LogP contribution in [0.2, 0.25) is 0 Å². The number of aryl methyl sites for hydroxylation is 1. The zero-order valence-corrected chi connectivity index (χ0v) is 19.6. The molecule has 1 aromatic rings. The van der Waals surface area contributed by atoms with E-state index >= 15 is 0 Å². The summed E-state index contributed by atoms with van der Waals surface area (Å²) in [5.41, 5.74) is -0.168. The van der Waals surface area contributed by atoms with Crippen LogP contribution in [0, 0.1) is 12.8 Å². The van der Waals surface area contributed by atoms with Gasteiger partial charge in [-0.1, -0.05) is 6.07 Å². The standard InChI is InChI=1S/C21H33N3O5S/c1-14-8-9-16(30(27,28)23-20(2,3)4)10-17(14)18(25)22-11-15-12-24(13-15)19(26)29-21(5,6)7/h8-10,15,23H,11-13H2,1-7H3,(H,22,25). The number of carbonyl (C=O) groups excluding carboxylic acids is 2. The van der Waals surface area contributed by atoms with Crippen molar-refractivity contribution in [1.29, 1.82) is 0 Å². The van der Waals surface area contributed by atoms with E-state index in [1.165, 1.54) is 12.1 Å². The monoisotopic (exact) mass is 439 g/mol. The van der Waals surface area contributed by atoms with E-state index in [1.807, 2.05) is 20.8 Å². The normalized spacial score (nSPS) is 15.5. The van der Waals surface area contributed by atoms with Gasteiger partial charge >= 0.3 is 6.09 Å². The Balaban J connectivity index is 1.96. The van der Waals surface area contributed by atoms with Crippen molar-refractivity contribution < 1.29 is 22.7 Å². The fourth-order valence-electron chi connectivity index (χ4n) is 2.98. The molecule has 1 aromatic carbocycles. The molecule has 2 N–H and O–H groups in total. The molecule has 0 aliphatic carbocycles. The lowest BCUT2D eigenvalue weighted by atomic mass is 10.0. The molecule has 30 heavy (non-hydrogen) atoms. The van der Waals surface area contributed by atoms with Gasteiger partial charge in [0.15, 0.2) is 0 Å². The molecule has 2 rings (SSSR count). The summed E-state index contributed by atoms with van der Waals surface area (Å²) in [5.74, 6) is -0.202. The van der Waals surface area contributed by atoms with Gasteiger partial charge < -0.3 is 15.0 Å². The molecule has 9 heteroatoms. The number of carbonyl (C=O) groups is 2. The van der Waals surface area contributed by atoms with E-state index in [4.69, 9.17) is 4.74 Å². The average molecular weight is 440 g/mol. The minimum atomic E-state index is -3.74. The molecule has 0 spiro atoms. The quantitative estimate of drug-likeness (QED) is 0.734. The molecule has 0 radical (unpaired) electrons. The summed E-state index contributed by atoms with van der Waals surface area (Å²) in [7, 11) is -3.74. The summed E-state index contributed by atoms with van der Waals surface area (Å²) in [5, 5.41) is 2.84. The van der Waals surface area contributed by atoms with Crippen LogP contribution < -0.4 is 10.0 Å². The van der Waals surface area contributed by atoms with E-state index in [1.54, 1.807) is 38.7 Å². The molecule has 0 atom stereocenters. The van der Waals surface area contributed by atoms with Crippen molar-refractivity contribution in [1.82, 2.24) is 14.9 Å². The Morgan fingerprint density at radius 1 is 1.13 bits per heavy atom. The van der Waals surface area contributed by atoms with Gasteiger partial charge in [0.25, 0.3) is 5.91 Å². The summed E-state index contributed by atoms with van der Waals surface area (Å²) >= 11 is 0. The van der Waals surface area contributed by atoms with Crippen molar-refractivity contribution in [2.45, 2.75) is 64.5 Å². The van der Waals surface area contributed by atoms with E-state index in [9.17, 15) is 18.0 Å². The Kier molecular flexibility index (Phi) is 6.88. The summed E-state index contributed by atoms with van der Waals surface area (Å²) in [6.07, 6.45) is -0.356. The Hall–Kier alpha value is -2.13. The first kappa shape index (κ1) is 24.1. The fraction of sp³-hybridized carbons (Fsp3) is 0.619. The van der Waals surface area contributed by atoms with Gasteiger partial charge in [-0.3, -0.25) is 4.79 Å². The van der Waals surface area contributed by atoms with E-state index in [-0.39, 0.29) is 22.8 Å². The maximum absolute atomic E-state index is 12.6. The second-order valence-electron chi connectivity index (χ2n) is 9.79. The van der Waals surface area contributed by atoms with Crippen LogP contribution in [0.25, 0.3) is 0 Å². The second-order valence-corrected chi connectivity index (χ2v) is 11.5. The van der Waals surface area contributed by atoms with Crippen molar-refractivity contribution in [3.63, 3.8) is 0 Å². The molecule has 1 saturated heterocycles. The highest BCUT2D eigenvalue weighted by atomic mass is 32.2. The van der Waals surface area contributed by atoms with Crippen LogP contribution in [0.1, 0.15) is 57.5 Å². The third-order valence-corrected chi connectivity index (χ3v) is 6.12. The van der Waals surface area contributed by atoms with Gasteiger partial charge in [-0.2, -0.15) is 0 Å². The van der Waals surface area contributed by atoms with E-state index in [0.717, 1.165) is 0 Å². The van der Waals surface area contributed by atoms with Crippen LogP contribution in [0.15, 0.2) is 23.1 Å². The first-order valence-corrected chi connectivity index (χ1v) is 11.5. The minimum Gasteiger partial charge on any atom is -0.444 e. The van der Waals surface area contributed by atoms with Crippen LogP contribution in [-0.4, -0.2) is 56.1 Å². The molecular formula is C21H33N3O5S. The Labute approximate surface area is 179 Å². The summed E-state index contributed by atoms with van der Waals surface area (Å²) in [6, 6.07) is 4.51. The van der Waals surface area contributed by atoms with Crippen LogP contribution >= 0.6 is 0 Å². The fourth-order valence-corrected chi connectivity index (χ4v) is 4.43. The number of nitrogens with zero attached hydrogens (tertiary/aromatic N) is 1.